The first-order chi connectivity index (χ1) is 16.3. The molecule has 2 fully saturated rings. The fourth-order valence-corrected chi connectivity index (χ4v) is 8.32. The Morgan fingerprint density at radius 1 is 1.03 bits per heavy atom. The summed E-state index contributed by atoms with van der Waals surface area (Å²) in [4.78, 5) is 0. The smallest absolute Gasteiger partial charge is 0.0944 e. The predicted molar refractivity (Wildman–Crippen MR) is 138 cm³/mol. The van der Waals surface area contributed by atoms with E-state index in [9.17, 15) is 10.2 Å². The van der Waals surface area contributed by atoms with E-state index in [0.29, 0.717) is 17.8 Å². The van der Waals surface area contributed by atoms with Gasteiger partial charge in [0.05, 0.1) is 24.1 Å². The minimum Gasteiger partial charge on any atom is -0.393 e. The predicted octanol–water partition coefficient (Wildman–Crippen LogP) is 6.44. The summed E-state index contributed by atoms with van der Waals surface area (Å²) in [7, 11) is 0. The second-order valence-electron chi connectivity index (χ2n) is 11.5. The molecule has 0 amide bonds. The average Bonchev–Trinajstić information content (AvgIpc) is 3.40. The molecule has 2 N–H and O–H groups in total. The van der Waals surface area contributed by atoms with Crippen LogP contribution in [-0.2, 0) is 6.61 Å². The quantitative estimate of drug-likeness (QED) is 0.455. The zero-order chi connectivity index (χ0) is 23.7. The molecule has 5 heteroatoms. The second-order valence-corrected chi connectivity index (χ2v) is 12.5. The van der Waals surface area contributed by atoms with Gasteiger partial charge in [-0.25, -0.2) is 4.68 Å². The number of benzene rings is 1. The van der Waals surface area contributed by atoms with Crippen LogP contribution in [0, 0.1) is 28.6 Å². The largest absolute Gasteiger partial charge is 0.393 e. The number of aromatic nitrogens is 2. The molecule has 34 heavy (non-hydrogen) atoms. The molecule has 180 valence electrons. The summed E-state index contributed by atoms with van der Waals surface area (Å²) in [5, 5.41) is 25.5. The van der Waals surface area contributed by atoms with Crippen LogP contribution in [0.3, 0.4) is 0 Å². The molecule has 0 unspecified atom stereocenters. The van der Waals surface area contributed by atoms with Crippen molar-refractivity contribution in [2.24, 2.45) is 28.6 Å². The van der Waals surface area contributed by atoms with Gasteiger partial charge in [0.15, 0.2) is 0 Å². The summed E-state index contributed by atoms with van der Waals surface area (Å²) in [5.74, 6) is 2.01. The highest BCUT2D eigenvalue weighted by atomic mass is 79.9. The molecule has 0 aliphatic heterocycles. The van der Waals surface area contributed by atoms with Gasteiger partial charge in [-0.05, 0) is 103 Å². The van der Waals surface area contributed by atoms with Gasteiger partial charge in [-0.15, -0.1) is 0 Å². The van der Waals surface area contributed by atoms with E-state index in [4.69, 9.17) is 5.10 Å². The van der Waals surface area contributed by atoms with Gasteiger partial charge < -0.3 is 10.2 Å². The topological polar surface area (TPSA) is 58.3 Å². The molecular formula is C29H35BrN2O2. The van der Waals surface area contributed by atoms with Crippen LogP contribution in [-0.4, -0.2) is 26.1 Å². The summed E-state index contributed by atoms with van der Waals surface area (Å²) in [6, 6.07) is 8.15. The minimum absolute atomic E-state index is 0.00248. The highest BCUT2D eigenvalue weighted by Crippen LogP contribution is 2.66. The molecule has 6 atom stereocenters. The van der Waals surface area contributed by atoms with Crippen molar-refractivity contribution in [2.45, 2.75) is 71.5 Å². The van der Waals surface area contributed by atoms with Crippen molar-refractivity contribution < 1.29 is 10.2 Å². The number of halogens is 1. The van der Waals surface area contributed by atoms with Crippen LogP contribution < -0.4 is 0 Å². The molecule has 1 aromatic heterocycles. The molecule has 4 aliphatic rings. The third kappa shape index (κ3) is 3.34. The lowest BCUT2D eigenvalue weighted by Gasteiger charge is -2.57. The Bertz CT molecular complexity index is 1170. The van der Waals surface area contributed by atoms with Crippen LogP contribution in [0.1, 0.15) is 70.1 Å². The number of hydrogen-bond donors (Lipinski definition) is 2. The Hall–Kier alpha value is -1.69. The maximum atomic E-state index is 10.3. The molecule has 4 aliphatic carbocycles. The van der Waals surface area contributed by atoms with Gasteiger partial charge in [0.2, 0.25) is 0 Å². The molecule has 6 rings (SSSR count). The summed E-state index contributed by atoms with van der Waals surface area (Å²) in [6.45, 7) is 4.94. The normalized spacial score (nSPS) is 36.9. The number of fused-ring (bicyclic) bond motifs is 5. The van der Waals surface area contributed by atoms with Crippen molar-refractivity contribution in [3.05, 3.63) is 63.9 Å². The summed E-state index contributed by atoms with van der Waals surface area (Å²) in [5.41, 5.74) is 6.12. The molecule has 0 saturated heterocycles. The van der Waals surface area contributed by atoms with Crippen LogP contribution >= 0.6 is 15.9 Å². The van der Waals surface area contributed by atoms with Crippen molar-refractivity contribution in [2.75, 3.05) is 0 Å². The standard InChI is InChI=1S/C29H35BrN2O2/c1-28-13-11-22(34)15-19(28)3-8-23-24-9-10-26(29(24,2)14-12-25(23)28)27-18(17-33)16-32(31-27)21-6-4-20(30)5-7-21/h3-7,10,16,22-25,33-34H,8-9,11-15,17H2,1-2H3/t22-,23-,24-,25-,28-,29-/m0/s1. The zero-order valence-electron chi connectivity index (χ0n) is 20.2. The van der Waals surface area contributed by atoms with E-state index >= 15 is 0 Å². The maximum Gasteiger partial charge on any atom is 0.0944 e. The lowest BCUT2D eigenvalue weighted by molar-refractivity contribution is -0.0239. The fourth-order valence-electron chi connectivity index (χ4n) is 8.05. The van der Waals surface area contributed by atoms with Gasteiger partial charge in [0.1, 0.15) is 0 Å². The Morgan fingerprint density at radius 2 is 1.79 bits per heavy atom. The van der Waals surface area contributed by atoms with Crippen molar-refractivity contribution in [1.29, 1.82) is 0 Å². The van der Waals surface area contributed by atoms with Gasteiger partial charge in [0.25, 0.3) is 0 Å². The van der Waals surface area contributed by atoms with Crippen LogP contribution in [0.5, 0.6) is 0 Å². The van der Waals surface area contributed by atoms with E-state index in [1.54, 1.807) is 0 Å². The number of nitrogens with zero attached hydrogens (tertiary/aromatic N) is 2. The van der Waals surface area contributed by atoms with Gasteiger partial charge in [-0.3, -0.25) is 0 Å². The molecule has 2 aromatic rings. The molecule has 0 radical (unpaired) electrons. The van der Waals surface area contributed by atoms with Crippen LogP contribution in [0.25, 0.3) is 11.3 Å². The molecule has 0 spiro atoms. The van der Waals surface area contributed by atoms with Gasteiger partial charge in [-0.2, -0.15) is 5.10 Å². The molecule has 1 heterocycles. The Labute approximate surface area is 210 Å². The first kappa shape index (κ1) is 22.8. The highest BCUT2D eigenvalue weighted by molar-refractivity contribution is 9.10. The van der Waals surface area contributed by atoms with E-state index in [1.807, 2.05) is 23.0 Å². The van der Waals surface area contributed by atoms with Gasteiger partial charge in [0, 0.05) is 16.2 Å². The minimum atomic E-state index is -0.151. The average molecular weight is 524 g/mol. The van der Waals surface area contributed by atoms with Crippen LogP contribution in [0.15, 0.2) is 52.7 Å². The van der Waals surface area contributed by atoms with Crippen LogP contribution in [0.4, 0.5) is 0 Å². The summed E-state index contributed by atoms with van der Waals surface area (Å²) < 4.78 is 2.96. The van der Waals surface area contributed by atoms with Crippen molar-refractivity contribution in [3.63, 3.8) is 0 Å². The van der Waals surface area contributed by atoms with E-state index in [0.717, 1.165) is 53.5 Å². The highest BCUT2D eigenvalue weighted by Gasteiger charge is 2.57. The number of aliphatic hydroxyl groups is 2. The third-order valence-electron chi connectivity index (χ3n) is 9.97. The van der Waals surface area contributed by atoms with Gasteiger partial charge >= 0.3 is 0 Å². The molecule has 1 aromatic carbocycles. The van der Waals surface area contributed by atoms with Crippen molar-refractivity contribution >= 4 is 21.5 Å². The lowest BCUT2D eigenvalue weighted by Crippen LogP contribution is -2.49. The van der Waals surface area contributed by atoms with Crippen LogP contribution in [0.2, 0.25) is 0 Å². The number of rotatable bonds is 3. The molecule has 4 nitrogen and oxygen atoms in total. The van der Waals surface area contributed by atoms with E-state index in [1.165, 1.54) is 24.0 Å². The third-order valence-corrected chi connectivity index (χ3v) is 10.5. The van der Waals surface area contributed by atoms with Crippen molar-refractivity contribution in [1.82, 2.24) is 9.78 Å². The number of hydrogen-bond acceptors (Lipinski definition) is 3. The zero-order valence-corrected chi connectivity index (χ0v) is 21.8. The Morgan fingerprint density at radius 3 is 2.56 bits per heavy atom. The second kappa shape index (κ2) is 8.18. The van der Waals surface area contributed by atoms with E-state index in [2.05, 4.69) is 54.1 Å². The SMILES string of the molecule is C[C@]12CC[C@H](O)CC1=CC[C@@H]1[C@@H]2CC[C@]2(C)C(c3nn(-c4ccc(Br)cc4)cc3CO)=CC[C@@H]12. The number of allylic oxidation sites excluding steroid dienone is 3. The van der Waals surface area contributed by atoms with Gasteiger partial charge in [-0.1, -0.05) is 47.5 Å². The fraction of sp³-hybridized carbons (Fsp3) is 0.552. The monoisotopic (exact) mass is 522 g/mol. The summed E-state index contributed by atoms with van der Waals surface area (Å²) >= 11 is 3.51. The summed E-state index contributed by atoms with van der Waals surface area (Å²) in [6.07, 6.45) is 14.4. The first-order valence-electron chi connectivity index (χ1n) is 12.9. The molecule has 0 bridgehead atoms. The number of aliphatic hydroxyl groups excluding tert-OH is 2. The van der Waals surface area contributed by atoms with E-state index in [-0.39, 0.29) is 23.5 Å². The Balaban J connectivity index is 1.33. The molecule has 2 saturated carbocycles. The molecular weight excluding hydrogens is 488 g/mol. The Kier molecular flexibility index (Phi) is 5.47. The lowest BCUT2D eigenvalue weighted by atomic mass is 9.47. The first-order valence-corrected chi connectivity index (χ1v) is 13.7. The van der Waals surface area contributed by atoms with Crippen molar-refractivity contribution in [3.8, 4) is 5.69 Å². The van der Waals surface area contributed by atoms with E-state index < -0.39 is 0 Å². The maximum absolute atomic E-state index is 10.3.